The van der Waals surface area contributed by atoms with Gasteiger partial charge in [-0.3, -0.25) is 4.79 Å². The molecule has 2 rings (SSSR count). The van der Waals surface area contributed by atoms with Crippen molar-refractivity contribution >= 4 is 37.8 Å². The zero-order valence-electron chi connectivity index (χ0n) is 12.1. The van der Waals surface area contributed by atoms with E-state index in [1.54, 1.807) is 0 Å². The summed E-state index contributed by atoms with van der Waals surface area (Å²) in [7, 11) is 0. The number of amides is 1. The van der Waals surface area contributed by atoms with Gasteiger partial charge in [0.25, 0.3) is 5.91 Å². The molecule has 0 heterocycles. The van der Waals surface area contributed by atoms with Crippen LogP contribution in [0.5, 0.6) is 0 Å². The number of rotatable bonds is 2. The molecule has 1 amide bonds. The van der Waals surface area contributed by atoms with Crippen LogP contribution in [0.3, 0.4) is 0 Å². The monoisotopic (exact) mass is 402 g/mol. The fourth-order valence-electron chi connectivity index (χ4n) is 3.45. The quantitative estimate of drug-likeness (QED) is 0.790. The topological polar surface area (TPSA) is 55.1 Å². The van der Waals surface area contributed by atoms with Gasteiger partial charge in [0.1, 0.15) is 0 Å². The molecule has 0 bridgehead atoms. The average Bonchev–Trinajstić information content (AvgIpc) is 2.33. The minimum Gasteiger partial charge on any atom is -0.348 e. The summed E-state index contributed by atoms with van der Waals surface area (Å²) in [6.07, 6.45) is 0. The molecule has 0 spiro atoms. The van der Waals surface area contributed by atoms with Crippen LogP contribution in [0.15, 0.2) is 27.1 Å². The molecule has 1 aliphatic rings. The molecule has 1 saturated carbocycles. The molecule has 3 N–H and O–H groups in total. The molecule has 1 aliphatic carbocycles. The Hall–Kier alpha value is -0.390. The fraction of sp³-hybridized carbons (Fsp3) is 0.533. The van der Waals surface area contributed by atoms with E-state index >= 15 is 0 Å². The van der Waals surface area contributed by atoms with Crippen LogP contribution in [0.1, 0.15) is 38.1 Å². The van der Waals surface area contributed by atoms with Crippen molar-refractivity contribution in [3.63, 3.8) is 0 Å². The van der Waals surface area contributed by atoms with Gasteiger partial charge in [-0.25, -0.2) is 0 Å². The van der Waals surface area contributed by atoms with Gasteiger partial charge in [0.05, 0.1) is 0 Å². The summed E-state index contributed by atoms with van der Waals surface area (Å²) in [6, 6.07) is 5.69. The van der Waals surface area contributed by atoms with Crippen molar-refractivity contribution in [1.82, 2.24) is 5.32 Å². The minimum atomic E-state index is -0.0948. The zero-order valence-corrected chi connectivity index (χ0v) is 15.3. The number of halogens is 2. The van der Waals surface area contributed by atoms with Gasteiger partial charge in [-0.2, -0.15) is 0 Å². The lowest BCUT2D eigenvalue weighted by Gasteiger charge is -2.62. The van der Waals surface area contributed by atoms with Crippen LogP contribution in [0.25, 0.3) is 0 Å². The first-order valence-corrected chi connectivity index (χ1v) is 8.18. The lowest BCUT2D eigenvalue weighted by atomic mass is 9.48. The predicted octanol–water partition coefficient (Wildman–Crippen LogP) is 3.70. The van der Waals surface area contributed by atoms with Crippen molar-refractivity contribution in [2.45, 2.75) is 39.8 Å². The lowest BCUT2D eigenvalue weighted by Crippen LogP contribution is -2.76. The fourth-order valence-corrected chi connectivity index (χ4v) is 4.75. The molecule has 0 aromatic heterocycles. The number of carbonyl (C=O) groups excluding carboxylic acids is 1. The van der Waals surface area contributed by atoms with E-state index in [1.807, 2.05) is 18.2 Å². The van der Waals surface area contributed by atoms with Crippen LogP contribution in [0.4, 0.5) is 0 Å². The Bertz CT molecular complexity index is 519. The van der Waals surface area contributed by atoms with E-state index in [1.165, 1.54) is 0 Å². The highest BCUT2D eigenvalue weighted by Gasteiger charge is 2.60. The molecule has 0 unspecified atom stereocenters. The molecule has 1 fully saturated rings. The smallest absolute Gasteiger partial charge is 0.251 e. The van der Waals surface area contributed by atoms with Crippen molar-refractivity contribution in [3.05, 3.63) is 32.7 Å². The molecular formula is C15H20Br2N2O. The third-order valence-electron chi connectivity index (χ3n) is 4.49. The van der Waals surface area contributed by atoms with Crippen LogP contribution in [0.2, 0.25) is 0 Å². The first-order chi connectivity index (χ1) is 9.06. The van der Waals surface area contributed by atoms with Gasteiger partial charge >= 0.3 is 0 Å². The molecular weight excluding hydrogens is 384 g/mol. The number of carbonyl (C=O) groups is 1. The van der Waals surface area contributed by atoms with Crippen molar-refractivity contribution in [2.24, 2.45) is 16.6 Å². The number of hydrogen-bond acceptors (Lipinski definition) is 2. The van der Waals surface area contributed by atoms with Gasteiger partial charge in [-0.1, -0.05) is 59.6 Å². The molecule has 0 atom stereocenters. The average molecular weight is 404 g/mol. The Labute approximate surface area is 136 Å². The molecule has 20 heavy (non-hydrogen) atoms. The summed E-state index contributed by atoms with van der Waals surface area (Å²) in [4.78, 5) is 12.4. The van der Waals surface area contributed by atoms with Gasteiger partial charge in [0.15, 0.2) is 0 Å². The predicted molar refractivity (Wildman–Crippen MR) is 88.6 cm³/mol. The van der Waals surface area contributed by atoms with Gasteiger partial charge in [0, 0.05) is 37.4 Å². The second kappa shape index (κ2) is 5.11. The number of nitrogens with two attached hydrogens (primary N) is 1. The molecule has 110 valence electrons. The van der Waals surface area contributed by atoms with E-state index in [4.69, 9.17) is 5.73 Å². The Morgan fingerprint density at radius 2 is 1.55 bits per heavy atom. The summed E-state index contributed by atoms with van der Waals surface area (Å²) >= 11 is 6.81. The van der Waals surface area contributed by atoms with Crippen molar-refractivity contribution in [3.8, 4) is 0 Å². The Morgan fingerprint density at radius 1 is 1.10 bits per heavy atom. The summed E-state index contributed by atoms with van der Waals surface area (Å²) in [5.41, 5.74) is 6.67. The second-order valence-electron chi connectivity index (χ2n) is 6.69. The largest absolute Gasteiger partial charge is 0.348 e. The lowest BCUT2D eigenvalue weighted by molar-refractivity contribution is -0.0663. The molecule has 0 aliphatic heterocycles. The van der Waals surface area contributed by atoms with Crippen molar-refractivity contribution in [1.29, 1.82) is 0 Å². The highest BCUT2D eigenvalue weighted by molar-refractivity contribution is 9.11. The maximum atomic E-state index is 12.4. The highest BCUT2D eigenvalue weighted by atomic mass is 79.9. The summed E-state index contributed by atoms with van der Waals surface area (Å²) in [5, 5.41) is 3.14. The van der Waals surface area contributed by atoms with Crippen LogP contribution in [0, 0.1) is 10.8 Å². The third kappa shape index (κ3) is 2.55. The normalized spacial score (nSPS) is 26.8. The highest BCUT2D eigenvalue weighted by Crippen LogP contribution is 2.52. The Balaban J connectivity index is 2.20. The van der Waals surface area contributed by atoms with E-state index < -0.39 is 0 Å². The second-order valence-corrected chi connectivity index (χ2v) is 8.52. The van der Waals surface area contributed by atoms with Gasteiger partial charge in [-0.05, 0) is 18.2 Å². The molecule has 5 heteroatoms. The maximum absolute atomic E-state index is 12.4. The summed E-state index contributed by atoms with van der Waals surface area (Å²) in [6.45, 7) is 8.41. The SMILES string of the molecule is CC1(C)C(N)C(C)(C)C1NC(=O)c1cc(Br)cc(Br)c1. The van der Waals surface area contributed by atoms with E-state index in [2.05, 4.69) is 64.9 Å². The van der Waals surface area contributed by atoms with Crippen LogP contribution in [-0.4, -0.2) is 18.0 Å². The molecule has 0 radical (unpaired) electrons. The number of nitrogens with one attached hydrogen (secondary N) is 1. The van der Waals surface area contributed by atoms with Crippen LogP contribution < -0.4 is 11.1 Å². The zero-order chi connectivity index (χ0) is 15.3. The van der Waals surface area contributed by atoms with Crippen molar-refractivity contribution < 1.29 is 4.79 Å². The molecule has 1 aromatic rings. The Morgan fingerprint density at radius 3 is 2.00 bits per heavy atom. The maximum Gasteiger partial charge on any atom is 0.251 e. The Kier molecular flexibility index (Phi) is 4.08. The first-order valence-electron chi connectivity index (χ1n) is 6.59. The summed E-state index contributed by atoms with van der Waals surface area (Å²) in [5.74, 6) is -0.0648. The van der Waals surface area contributed by atoms with Crippen LogP contribution in [-0.2, 0) is 0 Å². The van der Waals surface area contributed by atoms with E-state index in [0.29, 0.717) is 5.56 Å². The van der Waals surface area contributed by atoms with Gasteiger partial charge < -0.3 is 11.1 Å². The van der Waals surface area contributed by atoms with E-state index in [9.17, 15) is 4.79 Å². The standard InChI is InChI=1S/C15H20Br2N2O/c1-14(2)12(18)15(3,4)13(14)19-11(20)8-5-9(16)7-10(17)6-8/h5-7,12-13H,18H2,1-4H3,(H,19,20). The van der Waals surface area contributed by atoms with Gasteiger partial charge in [0.2, 0.25) is 0 Å². The summed E-state index contributed by atoms with van der Waals surface area (Å²) < 4.78 is 1.75. The third-order valence-corrected chi connectivity index (χ3v) is 5.41. The molecule has 0 saturated heterocycles. The van der Waals surface area contributed by atoms with Crippen molar-refractivity contribution in [2.75, 3.05) is 0 Å². The van der Waals surface area contributed by atoms with E-state index in [-0.39, 0.29) is 28.8 Å². The first kappa shape index (κ1) is 16.0. The van der Waals surface area contributed by atoms with E-state index in [0.717, 1.165) is 8.95 Å². The van der Waals surface area contributed by atoms with Gasteiger partial charge in [-0.15, -0.1) is 0 Å². The van der Waals surface area contributed by atoms with Crippen LogP contribution >= 0.6 is 31.9 Å². The molecule has 1 aromatic carbocycles. The number of benzene rings is 1. The molecule has 3 nitrogen and oxygen atoms in total. The minimum absolute atomic E-state index is 0.0648. The number of hydrogen-bond donors (Lipinski definition) is 2.